The zero-order valence-corrected chi connectivity index (χ0v) is 13.4. The van der Waals surface area contributed by atoms with E-state index in [1.54, 1.807) is 23.1 Å². The van der Waals surface area contributed by atoms with Crippen molar-refractivity contribution >= 4 is 28.1 Å². The van der Waals surface area contributed by atoms with Gasteiger partial charge >= 0.3 is 0 Å². The number of hydrogen-bond donors (Lipinski definition) is 2. The summed E-state index contributed by atoms with van der Waals surface area (Å²) in [4.78, 5) is 5.64. The van der Waals surface area contributed by atoms with Gasteiger partial charge in [-0.25, -0.2) is 4.98 Å². The van der Waals surface area contributed by atoms with Gasteiger partial charge in [0, 0.05) is 28.9 Å². The van der Waals surface area contributed by atoms with Gasteiger partial charge in [0.1, 0.15) is 0 Å². The molecule has 106 valence electrons. The van der Waals surface area contributed by atoms with Crippen LogP contribution in [0.2, 0.25) is 0 Å². The highest BCUT2D eigenvalue weighted by Crippen LogP contribution is 2.20. The Hall–Kier alpha value is -0.560. The minimum Gasteiger partial charge on any atom is -0.395 e. The maximum Gasteiger partial charge on any atom is 0.194 e. The third-order valence-corrected chi connectivity index (χ3v) is 5.57. The highest BCUT2D eigenvalue weighted by molar-refractivity contribution is 7.99. The molecule has 0 aromatic carbocycles. The molecule has 0 aliphatic carbocycles. The Kier molecular flexibility index (Phi) is 4.89. The molecule has 2 unspecified atom stereocenters. The fourth-order valence-electron chi connectivity index (χ4n) is 2.20. The molecule has 19 heavy (non-hydrogen) atoms. The molecule has 2 aromatic heterocycles. The first kappa shape index (κ1) is 14.8. The second-order valence-electron chi connectivity index (χ2n) is 4.77. The monoisotopic (exact) mass is 299 g/mol. The average molecular weight is 299 g/mol. The molecule has 2 rings (SSSR count). The minimum absolute atomic E-state index is 0.202. The van der Waals surface area contributed by atoms with E-state index in [1.165, 1.54) is 11.4 Å². The molecule has 2 heterocycles. The van der Waals surface area contributed by atoms with Crippen LogP contribution in [0.5, 0.6) is 0 Å². The molecule has 0 fully saturated rings. The summed E-state index contributed by atoms with van der Waals surface area (Å²) in [5.74, 6) is 0. The van der Waals surface area contributed by atoms with E-state index >= 15 is 0 Å². The predicted molar refractivity (Wildman–Crippen MR) is 83.2 cm³/mol. The van der Waals surface area contributed by atoms with Crippen LogP contribution in [0, 0.1) is 13.8 Å². The number of thioether (sulfide) groups is 1. The minimum atomic E-state index is 0.202. The van der Waals surface area contributed by atoms with E-state index in [0.29, 0.717) is 0 Å². The number of aliphatic hydroxyl groups excluding tert-OH is 1. The maximum atomic E-state index is 9.31. The lowest BCUT2D eigenvalue weighted by Crippen LogP contribution is -2.37. The van der Waals surface area contributed by atoms with Gasteiger partial charge in [-0.2, -0.15) is 11.8 Å². The average Bonchev–Trinajstić information content (AvgIpc) is 2.88. The summed E-state index contributed by atoms with van der Waals surface area (Å²) in [5, 5.41) is 15.2. The van der Waals surface area contributed by atoms with Crippen LogP contribution in [0.25, 0.3) is 4.96 Å². The van der Waals surface area contributed by atoms with Gasteiger partial charge in [-0.05, 0) is 27.0 Å². The Morgan fingerprint density at radius 2 is 2.26 bits per heavy atom. The topological polar surface area (TPSA) is 49.6 Å². The van der Waals surface area contributed by atoms with Crippen LogP contribution in [0.1, 0.15) is 24.0 Å². The normalized spacial score (nSPS) is 15.0. The third-order valence-electron chi connectivity index (χ3n) is 3.46. The summed E-state index contributed by atoms with van der Waals surface area (Å²) in [7, 11) is 0. The number of aliphatic hydroxyl groups is 1. The fourth-order valence-corrected chi connectivity index (χ4v) is 3.79. The SMILES string of the molecule is CSC(CO)C(C)NCc1c(C)nc2scc(C)n12. The lowest BCUT2D eigenvalue weighted by Gasteiger charge is -2.21. The van der Waals surface area contributed by atoms with E-state index in [0.717, 1.165) is 17.2 Å². The van der Waals surface area contributed by atoms with Crippen molar-refractivity contribution in [3.63, 3.8) is 0 Å². The first-order chi connectivity index (χ1) is 9.08. The van der Waals surface area contributed by atoms with Crippen LogP contribution in [0.3, 0.4) is 0 Å². The lowest BCUT2D eigenvalue weighted by atomic mass is 10.2. The second kappa shape index (κ2) is 6.26. The maximum absolute atomic E-state index is 9.31. The van der Waals surface area contributed by atoms with Crippen LogP contribution >= 0.6 is 23.1 Å². The van der Waals surface area contributed by atoms with Crippen molar-refractivity contribution in [2.24, 2.45) is 0 Å². The summed E-state index contributed by atoms with van der Waals surface area (Å²) in [5.41, 5.74) is 3.53. The Labute approximate surface area is 122 Å². The molecule has 6 heteroatoms. The smallest absolute Gasteiger partial charge is 0.194 e. The predicted octanol–water partition coefficient (Wildman–Crippen LogP) is 2.21. The van der Waals surface area contributed by atoms with Gasteiger partial charge in [0.25, 0.3) is 0 Å². The van der Waals surface area contributed by atoms with Crippen LogP contribution in [0.4, 0.5) is 0 Å². The quantitative estimate of drug-likeness (QED) is 0.859. The van der Waals surface area contributed by atoms with Gasteiger partial charge in [0.15, 0.2) is 4.96 Å². The molecule has 0 amide bonds. The first-order valence-electron chi connectivity index (χ1n) is 6.37. The van der Waals surface area contributed by atoms with Gasteiger partial charge in [-0.1, -0.05) is 0 Å². The number of nitrogens with one attached hydrogen (secondary N) is 1. The molecular formula is C13H21N3OS2. The summed E-state index contributed by atoms with van der Waals surface area (Å²) in [6.07, 6.45) is 2.03. The largest absolute Gasteiger partial charge is 0.395 e. The molecule has 0 aliphatic rings. The number of hydrogen-bond acceptors (Lipinski definition) is 5. The molecule has 0 bridgehead atoms. The van der Waals surface area contributed by atoms with Gasteiger partial charge in [-0.15, -0.1) is 11.3 Å². The van der Waals surface area contributed by atoms with Crippen molar-refractivity contribution in [1.29, 1.82) is 0 Å². The van der Waals surface area contributed by atoms with E-state index in [2.05, 4.69) is 40.9 Å². The Balaban J connectivity index is 2.13. The van der Waals surface area contributed by atoms with E-state index in [-0.39, 0.29) is 17.9 Å². The van der Waals surface area contributed by atoms with Crippen molar-refractivity contribution in [2.75, 3.05) is 12.9 Å². The van der Waals surface area contributed by atoms with E-state index in [4.69, 9.17) is 0 Å². The first-order valence-corrected chi connectivity index (χ1v) is 8.54. The third kappa shape index (κ3) is 2.97. The van der Waals surface area contributed by atoms with Crippen molar-refractivity contribution in [2.45, 2.75) is 38.6 Å². The Bertz CT molecular complexity index is 545. The van der Waals surface area contributed by atoms with Gasteiger partial charge in [0.05, 0.1) is 18.0 Å². The van der Waals surface area contributed by atoms with E-state index in [9.17, 15) is 5.11 Å². The molecule has 2 atom stereocenters. The number of aryl methyl sites for hydroxylation is 2. The lowest BCUT2D eigenvalue weighted by molar-refractivity contribution is 0.275. The zero-order chi connectivity index (χ0) is 14.0. The number of aromatic nitrogens is 2. The molecular weight excluding hydrogens is 278 g/mol. The molecule has 0 spiro atoms. The van der Waals surface area contributed by atoms with Crippen molar-refractivity contribution in [3.8, 4) is 0 Å². The highest BCUT2D eigenvalue weighted by atomic mass is 32.2. The summed E-state index contributed by atoms with van der Waals surface area (Å²) in [6.45, 7) is 7.26. The Morgan fingerprint density at radius 3 is 2.89 bits per heavy atom. The molecule has 0 saturated heterocycles. The molecule has 2 N–H and O–H groups in total. The highest BCUT2D eigenvalue weighted by Gasteiger charge is 2.17. The van der Waals surface area contributed by atoms with Crippen molar-refractivity contribution < 1.29 is 5.11 Å². The fraction of sp³-hybridized carbons (Fsp3) is 0.615. The van der Waals surface area contributed by atoms with Gasteiger partial charge in [-0.3, -0.25) is 4.40 Å². The summed E-state index contributed by atoms with van der Waals surface area (Å²) < 4.78 is 2.22. The number of thiazole rings is 1. The van der Waals surface area contributed by atoms with Gasteiger partial charge < -0.3 is 10.4 Å². The van der Waals surface area contributed by atoms with Crippen LogP contribution in [-0.2, 0) is 6.54 Å². The molecule has 0 saturated carbocycles. The molecule has 2 aromatic rings. The number of rotatable bonds is 6. The standard InChI is InChI=1S/C13H21N3OS2/c1-8-7-19-13-15-9(2)11(16(8)13)5-14-10(3)12(6-17)18-4/h7,10,12,14,17H,5-6H2,1-4H3. The number of nitrogens with zero attached hydrogens (tertiary/aromatic N) is 2. The number of fused-ring (bicyclic) bond motifs is 1. The zero-order valence-electron chi connectivity index (χ0n) is 11.8. The van der Waals surface area contributed by atoms with Crippen LogP contribution in [-0.4, -0.2) is 38.6 Å². The van der Waals surface area contributed by atoms with E-state index < -0.39 is 0 Å². The van der Waals surface area contributed by atoms with E-state index in [1.807, 2.05) is 6.26 Å². The molecule has 0 aliphatic heterocycles. The molecule has 0 radical (unpaired) electrons. The van der Waals surface area contributed by atoms with Crippen LogP contribution < -0.4 is 5.32 Å². The second-order valence-corrected chi connectivity index (χ2v) is 6.68. The van der Waals surface area contributed by atoms with Gasteiger partial charge in [0.2, 0.25) is 0 Å². The number of imidazole rings is 1. The van der Waals surface area contributed by atoms with Crippen molar-refractivity contribution in [3.05, 3.63) is 22.5 Å². The van der Waals surface area contributed by atoms with Crippen molar-refractivity contribution in [1.82, 2.24) is 14.7 Å². The summed E-state index contributed by atoms with van der Waals surface area (Å²) in [6, 6.07) is 0.267. The summed E-state index contributed by atoms with van der Waals surface area (Å²) >= 11 is 3.37. The molecule has 4 nitrogen and oxygen atoms in total. The van der Waals surface area contributed by atoms with Crippen LogP contribution in [0.15, 0.2) is 5.38 Å². The Morgan fingerprint density at radius 1 is 1.53 bits per heavy atom.